The lowest BCUT2D eigenvalue weighted by Gasteiger charge is -2.09. The first-order chi connectivity index (χ1) is 8.10. The minimum Gasteiger partial charge on any atom is -0.489 e. The number of rotatable bonds is 5. The summed E-state index contributed by atoms with van der Waals surface area (Å²) in [5.41, 5.74) is -0.189. The normalized spacial score (nSPS) is 9.47. The van der Waals surface area contributed by atoms with Gasteiger partial charge in [0.1, 0.15) is 23.7 Å². The Balaban J connectivity index is 3.20. The van der Waals surface area contributed by atoms with Gasteiger partial charge in [-0.2, -0.15) is 0 Å². The lowest BCUT2D eigenvalue weighted by molar-refractivity contribution is 0.100. The molecule has 5 heteroatoms. The molecule has 0 aromatic heterocycles. The van der Waals surface area contributed by atoms with E-state index in [0.717, 1.165) is 6.07 Å². The van der Waals surface area contributed by atoms with Gasteiger partial charge in [0.15, 0.2) is 0 Å². The van der Waals surface area contributed by atoms with Crippen molar-refractivity contribution in [3.8, 4) is 5.75 Å². The summed E-state index contributed by atoms with van der Waals surface area (Å²) >= 11 is 3.11. The summed E-state index contributed by atoms with van der Waals surface area (Å²) in [5.74, 6) is -1.18. The van der Waals surface area contributed by atoms with E-state index in [4.69, 9.17) is 11.3 Å². The van der Waals surface area contributed by atoms with Gasteiger partial charge in [-0.15, -0.1) is 0 Å². The molecular formula is C12H9BrFNO2. The average molecular weight is 298 g/mol. The third-order valence-corrected chi connectivity index (χ3v) is 2.33. The largest absolute Gasteiger partial charge is 0.489 e. The number of carbonyl (C=O) groups excluding carboxylic acids is 1. The number of Topliss-reactive ketones (excluding diaryl/α,β-unsaturated/α-hetero) is 1. The lowest BCUT2D eigenvalue weighted by Crippen LogP contribution is -2.09. The van der Waals surface area contributed by atoms with E-state index in [-0.39, 0.29) is 17.9 Å². The second-order valence-electron chi connectivity index (χ2n) is 3.10. The first-order valence-electron chi connectivity index (χ1n) is 4.69. The SMILES string of the molecule is [C-]#[N+]CC(=O)c1c(F)cc(Br)cc1OCC=C. The Bertz CT molecular complexity index is 494. The summed E-state index contributed by atoms with van der Waals surface area (Å²) in [6, 6.07) is 2.65. The molecule has 0 amide bonds. The van der Waals surface area contributed by atoms with Crippen LogP contribution in [0.15, 0.2) is 29.3 Å². The van der Waals surface area contributed by atoms with Crippen molar-refractivity contribution < 1.29 is 13.9 Å². The molecule has 0 aliphatic heterocycles. The van der Waals surface area contributed by atoms with Crippen molar-refractivity contribution in [1.29, 1.82) is 0 Å². The Morgan fingerprint density at radius 3 is 2.94 bits per heavy atom. The van der Waals surface area contributed by atoms with Gasteiger partial charge in [-0.1, -0.05) is 28.6 Å². The molecule has 0 spiro atoms. The highest BCUT2D eigenvalue weighted by Crippen LogP contribution is 2.27. The maximum Gasteiger partial charge on any atom is 0.276 e. The molecule has 0 radical (unpaired) electrons. The van der Waals surface area contributed by atoms with Crippen molar-refractivity contribution in [2.24, 2.45) is 0 Å². The zero-order chi connectivity index (χ0) is 12.8. The fourth-order valence-corrected chi connectivity index (χ4v) is 1.64. The van der Waals surface area contributed by atoms with Crippen LogP contribution >= 0.6 is 15.9 Å². The molecule has 0 heterocycles. The summed E-state index contributed by atoms with van der Waals surface area (Å²) in [7, 11) is 0. The minimum absolute atomic E-state index is 0.116. The van der Waals surface area contributed by atoms with Crippen molar-refractivity contribution in [3.63, 3.8) is 0 Å². The van der Waals surface area contributed by atoms with Crippen LogP contribution in [-0.2, 0) is 0 Å². The van der Waals surface area contributed by atoms with Gasteiger partial charge in [0, 0.05) is 4.47 Å². The third-order valence-electron chi connectivity index (χ3n) is 1.88. The Morgan fingerprint density at radius 2 is 2.35 bits per heavy atom. The predicted octanol–water partition coefficient (Wildman–Crippen LogP) is 3.25. The molecule has 0 saturated heterocycles. The number of carbonyl (C=O) groups is 1. The molecule has 0 atom stereocenters. The maximum atomic E-state index is 13.7. The summed E-state index contributed by atoms with van der Waals surface area (Å²) in [5, 5.41) is 0. The molecule has 88 valence electrons. The molecule has 1 aromatic carbocycles. The molecular weight excluding hydrogens is 289 g/mol. The van der Waals surface area contributed by atoms with Crippen LogP contribution in [0.2, 0.25) is 0 Å². The number of halogens is 2. The summed E-state index contributed by atoms with van der Waals surface area (Å²) < 4.78 is 19.3. The summed E-state index contributed by atoms with van der Waals surface area (Å²) in [6.07, 6.45) is 1.49. The monoisotopic (exact) mass is 297 g/mol. The number of ketones is 1. The molecule has 0 saturated carbocycles. The topological polar surface area (TPSA) is 30.7 Å². The molecule has 1 rings (SSSR count). The van der Waals surface area contributed by atoms with Crippen LogP contribution in [0.4, 0.5) is 4.39 Å². The highest BCUT2D eigenvalue weighted by atomic mass is 79.9. The van der Waals surface area contributed by atoms with E-state index in [9.17, 15) is 9.18 Å². The first kappa shape index (κ1) is 13.4. The van der Waals surface area contributed by atoms with Crippen LogP contribution in [-0.4, -0.2) is 18.9 Å². The zero-order valence-electron chi connectivity index (χ0n) is 8.87. The fraction of sp³-hybridized carbons (Fsp3) is 0.167. The smallest absolute Gasteiger partial charge is 0.276 e. The van der Waals surface area contributed by atoms with Crippen molar-refractivity contribution in [2.75, 3.05) is 13.2 Å². The molecule has 1 aromatic rings. The van der Waals surface area contributed by atoms with Crippen molar-refractivity contribution in [3.05, 3.63) is 52.1 Å². The molecule has 17 heavy (non-hydrogen) atoms. The van der Waals surface area contributed by atoms with Crippen LogP contribution < -0.4 is 4.74 Å². The number of hydrogen-bond donors (Lipinski definition) is 0. The van der Waals surface area contributed by atoms with Gasteiger partial charge >= 0.3 is 0 Å². The summed E-state index contributed by atoms with van der Waals surface area (Å²) in [6.45, 7) is 9.85. The van der Waals surface area contributed by atoms with E-state index < -0.39 is 18.1 Å². The molecule has 0 N–H and O–H groups in total. The van der Waals surface area contributed by atoms with E-state index in [1.165, 1.54) is 12.1 Å². The Labute approximate surface area is 107 Å². The number of ether oxygens (including phenoxy) is 1. The second kappa shape index (κ2) is 6.16. The van der Waals surface area contributed by atoms with Crippen molar-refractivity contribution in [1.82, 2.24) is 0 Å². The van der Waals surface area contributed by atoms with Crippen LogP contribution in [0.1, 0.15) is 10.4 Å². The van der Waals surface area contributed by atoms with Crippen molar-refractivity contribution >= 4 is 21.7 Å². The zero-order valence-corrected chi connectivity index (χ0v) is 10.5. The van der Waals surface area contributed by atoms with Gasteiger partial charge in [-0.25, -0.2) is 11.0 Å². The standard InChI is InChI=1S/C12H9BrFNO2/c1-3-4-17-11-6-8(13)5-9(14)12(11)10(16)7-15-2/h3,5-6H,1,4,7H2. The quantitative estimate of drug-likeness (QED) is 0.474. The summed E-state index contributed by atoms with van der Waals surface area (Å²) in [4.78, 5) is 14.5. The first-order valence-corrected chi connectivity index (χ1v) is 5.48. The third kappa shape index (κ3) is 3.40. The van der Waals surface area contributed by atoms with E-state index >= 15 is 0 Å². The minimum atomic E-state index is -0.702. The molecule has 3 nitrogen and oxygen atoms in total. The van der Waals surface area contributed by atoms with Gasteiger partial charge in [-0.3, -0.25) is 4.79 Å². The van der Waals surface area contributed by atoms with E-state index in [1.54, 1.807) is 0 Å². The Morgan fingerprint density at radius 1 is 1.65 bits per heavy atom. The van der Waals surface area contributed by atoms with E-state index in [0.29, 0.717) is 4.47 Å². The highest BCUT2D eigenvalue weighted by Gasteiger charge is 2.20. The molecule has 0 bridgehead atoms. The molecule has 0 aliphatic carbocycles. The number of nitrogens with zero attached hydrogens (tertiary/aromatic N) is 1. The van der Waals surface area contributed by atoms with Gasteiger partial charge in [-0.05, 0) is 12.1 Å². The maximum absolute atomic E-state index is 13.7. The molecule has 0 unspecified atom stereocenters. The van der Waals surface area contributed by atoms with Gasteiger partial charge < -0.3 is 9.58 Å². The lowest BCUT2D eigenvalue weighted by atomic mass is 10.1. The molecule has 0 aliphatic rings. The highest BCUT2D eigenvalue weighted by molar-refractivity contribution is 9.10. The number of benzene rings is 1. The number of hydrogen-bond acceptors (Lipinski definition) is 2. The van der Waals surface area contributed by atoms with Crippen LogP contribution in [0, 0.1) is 12.4 Å². The Hall–Kier alpha value is -1.67. The van der Waals surface area contributed by atoms with Crippen LogP contribution in [0.5, 0.6) is 5.75 Å². The van der Waals surface area contributed by atoms with Gasteiger partial charge in [0.05, 0.1) is 0 Å². The second-order valence-corrected chi connectivity index (χ2v) is 4.02. The molecule has 0 fully saturated rings. The van der Waals surface area contributed by atoms with E-state index in [2.05, 4.69) is 27.4 Å². The van der Waals surface area contributed by atoms with E-state index in [1.807, 2.05) is 0 Å². The van der Waals surface area contributed by atoms with Crippen molar-refractivity contribution in [2.45, 2.75) is 0 Å². The van der Waals surface area contributed by atoms with Gasteiger partial charge in [0.25, 0.3) is 6.54 Å². The Kier molecular flexibility index (Phi) is 4.85. The fourth-order valence-electron chi connectivity index (χ4n) is 1.23. The van der Waals surface area contributed by atoms with Crippen LogP contribution in [0.25, 0.3) is 4.85 Å². The van der Waals surface area contributed by atoms with Gasteiger partial charge in [0.2, 0.25) is 5.78 Å². The average Bonchev–Trinajstić information content (AvgIpc) is 2.25. The predicted molar refractivity (Wildman–Crippen MR) is 65.6 cm³/mol. The van der Waals surface area contributed by atoms with Crippen LogP contribution in [0.3, 0.4) is 0 Å².